The Kier molecular flexibility index (Phi) is 6.79. The molecule has 2 saturated heterocycles. The predicted molar refractivity (Wildman–Crippen MR) is 95.0 cm³/mol. The molecule has 1 aromatic rings. The van der Waals surface area contributed by atoms with Gasteiger partial charge in [0.15, 0.2) is 0 Å². The zero-order valence-electron chi connectivity index (χ0n) is 13.8. The summed E-state index contributed by atoms with van der Waals surface area (Å²) in [4.78, 5) is 13.7. The van der Waals surface area contributed by atoms with Crippen LogP contribution in [0.25, 0.3) is 0 Å². The molecule has 0 aromatic heterocycles. The number of carbonyl (C=O) groups excluding carboxylic acids is 1. The van der Waals surface area contributed by atoms with E-state index in [1.54, 1.807) is 4.90 Å². The fourth-order valence-electron chi connectivity index (χ4n) is 3.15. The molecule has 2 fully saturated rings. The number of halogens is 2. The topological polar surface area (TPSA) is 78.5 Å². The summed E-state index contributed by atoms with van der Waals surface area (Å²) in [5.41, 5.74) is -0.0756. The maximum Gasteiger partial charge on any atom is 0.256 e. The Bertz CT molecular complexity index is 717. The van der Waals surface area contributed by atoms with Crippen molar-refractivity contribution in [1.82, 2.24) is 14.9 Å². The van der Waals surface area contributed by atoms with Crippen molar-refractivity contribution in [1.29, 1.82) is 0 Å². The molecule has 2 aliphatic heterocycles. The van der Waals surface area contributed by atoms with E-state index in [4.69, 9.17) is 0 Å². The molecule has 2 aliphatic rings. The number of amides is 1. The van der Waals surface area contributed by atoms with Crippen LogP contribution in [0, 0.1) is 5.82 Å². The van der Waals surface area contributed by atoms with E-state index in [1.807, 2.05) is 0 Å². The SMILES string of the molecule is Cl.O=C(c1ccc(S(=O)(=O)NCC2CCCN2)cc1F)N1CCCC1. The van der Waals surface area contributed by atoms with Crippen molar-refractivity contribution >= 4 is 28.3 Å². The van der Waals surface area contributed by atoms with Crippen molar-refractivity contribution < 1.29 is 17.6 Å². The van der Waals surface area contributed by atoms with E-state index in [0.29, 0.717) is 13.1 Å². The van der Waals surface area contributed by atoms with Gasteiger partial charge in [0.1, 0.15) is 5.82 Å². The summed E-state index contributed by atoms with van der Waals surface area (Å²) in [6.07, 6.45) is 3.77. The summed E-state index contributed by atoms with van der Waals surface area (Å²) in [6, 6.07) is 3.59. The second kappa shape index (κ2) is 8.44. The Balaban J connectivity index is 0.00000225. The molecular weight excluding hydrogens is 369 g/mol. The highest BCUT2D eigenvalue weighted by Crippen LogP contribution is 2.19. The van der Waals surface area contributed by atoms with Gasteiger partial charge in [0, 0.05) is 25.7 Å². The molecule has 0 bridgehead atoms. The number of hydrogen-bond donors (Lipinski definition) is 2. The van der Waals surface area contributed by atoms with Gasteiger partial charge in [0.05, 0.1) is 10.5 Å². The van der Waals surface area contributed by atoms with Crippen LogP contribution in [0.4, 0.5) is 4.39 Å². The number of rotatable bonds is 5. The van der Waals surface area contributed by atoms with Gasteiger partial charge in [-0.25, -0.2) is 17.5 Å². The van der Waals surface area contributed by atoms with E-state index in [9.17, 15) is 17.6 Å². The van der Waals surface area contributed by atoms with Crippen LogP contribution in [0.15, 0.2) is 23.1 Å². The molecule has 25 heavy (non-hydrogen) atoms. The van der Waals surface area contributed by atoms with Gasteiger partial charge in [-0.3, -0.25) is 4.79 Å². The van der Waals surface area contributed by atoms with E-state index < -0.39 is 15.8 Å². The second-order valence-corrected chi connectivity index (χ2v) is 8.05. The number of sulfonamides is 1. The number of likely N-dealkylation sites (tertiary alicyclic amines) is 1. The first-order chi connectivity index (χ1) is 11.5. The molecule has 1 aromatic carbocycles. The molecular formula is C16H23ClFN3O3S. The van der Waals surface area contributed by atoms with Gasteiger partial charge in [-0.15, -0.1) is 12.4 Å². The second-order valence-electron chi connectivity index (χ2n) is 6.29. The average molecular weight is 392 g/mol. The summed E-state index contributed by atoms with van der Waals surface area (Å²) in [5.74, 6) is -1.18. The van der Waals surface area contributed by atoms with Crippen molar-refractivity contribution in [2.75, 3.05) is 26.2 Å². The normalized spacial score (nSPS) is 20.5. The molecule has 0 spiro atoms. The van der Waals surface area contributed by atoms with Crippen molar-refractivity contribution in [3.63, 3.8) is 0 Å². The van der Waals surface area contributed by atoms with Gasteiger partial charge < -0.3 is 10.2 Å². The summed E-state index contributed by atoms with van der Waals surface area (Å²) in [5, 5.41) is 3.20. The summed E-state index contributed by atoms with van der Waals surface area (Å²) in [7, 11) is -3.79. The van der Waals surface area contributed by atoms with Crippen LogP contribution in [0.3, 0.4) is 0 Å². The lowest BCUT2D eigenvalue weighted by molar-refractivity contribution is 0.0788. The predicted octanol–water partition coefficient (Wildman–Crippen LogP) is 1.51. The van der Waals surface area contributed by atoms with E-state index >= 15 is 0 Å². The fraction of sp³-hybridized carbons (Fsp3) is 0.562. The molecule has 6 nitrogen and oxygen atoms in total. The summed E-state index contributed by atoms with van der Waals surface area (Å²) < 4.78 is 41.3. The molecule has 2 N–H and O–H groups in total. The zero-order chi connectivity index (χ0) is 17.2. The monoisotopic (exact) mass is 391 g/mol. The lowest BCUT2D eigenvalue weighted by Gasteiger charge is -2.16. The molecule has 1 atom stereocenters. The standard InChI is InChI=1S/C16H22FN3O3S.ClH/c17-15-10-13(24(22,23)19-11-12-4-3-7-18-12)5-6-14(15)16(21)20-8-1-2-9-20;/h5-6,10,12,18-19H,1-4,7-9,11H2;1H. The van der Waals surface area contributed by atoms with Crippen molar-refractivity contribution in [2.45, 2.75) is 36.6 Å². The molecule has 2 heterocycles. The van der Waals surface area contributed by atoms with E-state index in [0.717, 1.165) is 38.3 Å². The van der Waals surface area contributed by atoms with Gasteiger partial charge in [0.25, 0.3) is 5.91 Å². The molecule has 3 rings (SSSR count). The third-order valence-electron chi connectivity index (χ3n) is 4.56. The average Bonchev–Trinajstić information content (AvgIpc) is 3.25. The van der Waals surface area contributed by atoms with Crippen LogP contribution in [0.5, 0.6) is 0 Å². The first-order valence-corrected chi connectivity index (χ1v) is 9.77. The highest BCUT2D eigenvalue weighted by Gasteiger charge is 2.25. The minimum absolute atomic E-state index is 0. The number of carbonyl (C=O) groups is 1. The molecule has 1 unspecified atom stereocenters. The van der Waals surface area contributed by atoms with Crippen molar-refractivity contribution in [3.05, 3.63) is 29.6 Å². The van der Waals surface area contributed by atoms with Gasteiger partial charge in [0.2, 0.25) is 10.0 Å². The Morgan fingerprint density at radius 2 is 2.00 bits per heavy atom. The van der Waals surface area contributed by atoms with E-state index in [1.165, 1.54) is 12.1 Å². The molecule has 1 amide bonds. The molecule has 0 aliphatic carbocycles. The Labute approximate surface area is 153 Å². The van der Waals surface area contributed by atoms with Crippen LogP contribution >= 0.6 is 12.4 Å². The zero-order valence-corrected chi connectivity index (χ0v) is 15.5. The third-order valence-corrected chi connectivity index (χ3v) is 5.98. The maximum absolute atomic E-state index is 14.3. The van der Waals surface area contributed by atoms with Gasteiger partial charge in [-0.2, -0.15) is 0 Å². The van der Waals surface area contributed by atoms with Gasteiger partial charge in [-0.1, -0.05) is 0 Å². The number of hydrogen-bond acceptors (Lipinski definition) is 4. The molecule has 0 saturated carbocycles. The summed E-state index contributed by atoms with van der Waals surface area (Å²) in [6.45, 7) is 2.40. The quantitative estimate of drug-likeness (QED) is 0.797. The van der Waals surface area contributed by atoms with Crippen LogP contribution in [-0.2, 0) is 10.0 Å². The highest BCUT2D eigenvalue weighted by molar-refractivity contribution is 7.89. The Morgan fingerprint density at radius 1 is 1.28 bits per heavy atom. The first kappa shape index (κ1) is 20.1. The highest BCUT2D eigenvalue weighted by atomic mass is 35.5. The van der Waals surface area contributed by atoms with E-state index in [2.05, 4.69) is 10.0 Å². The fourth-order valence-corrected chi connectivity index (χ4v) is 4.24. The largest absolute Gasteiger partial charge is 0.339 e. The third kappa shape index (κ3) is 4.69. The summed E-state index contributed by atoms with van der Waals surface area (Å²) >= 11 is 0. The van der Waals surface area contributed by atoms with Crippen LogP contribution in [-0.4, -0.2) is 51.4 Å². The van der Waals surface area contributed by atoms with Gasteiger partial charge >= 0.3 is 0 Å². The molecule has 9 heteroatoms. The van der Waals surface area contributed by atoms with Crippen LogP contribution < -0.4 is 10.0 Å². The minimum atomic E-state index is -3.79. The van der Waals surface area contributed by atoms with Crippen molar-refractivity contribution in [3.8, 4) is 0 Å². The Morgan fingerprint density at radius 3 is 2.60 bits per heavy atom. The van der Waals surface area contributed by atoms with Crippen LogP contribution in [0.2, 0.25) is 0 Å². The smallest absolute Gasteiger partial charge is 0.256 e. The minimum Gasteiger partial charge on any atom is -0.339 e. The Hall–Kier alpha value is -1.22. The van der Waals surface area contributed by atoms with Crippen LogP contribution in [0.1, 0.15) is 36.0 Å². The van der Waals surface area contributed by atoms with Gasteiger partial charge in [-0.05, 0) is 50.4 Å². The van der Waals surface area contributed by atoms with E-state index in [-0.39, 0.29) is 41.4 Å². The number of nitrogens with one attached hydrogen (secondary N) is 2. The maximum atomic E-state index is 14.3. The first-order valence-electron chi connectivity index (χ1n) is 8.29. The number of nitrogens with zero attached hydrogens (tertiary/aromatic N) is 1. The van der Waals surface area contributed by atoms with Crippen molar-refractivity contribution in [2.24, 2.45) is 0 Å². The molecule has 140 valence electrons. The lowest BCUT2D eigenvalue weighted by Crippen LogP contribution is -2.37. The lowest BCUT2D eigenvalue weighted by atomic mass is 10.2. The molecule has 0 radical (unpaired) electrons. The number of benzene rings is 1.